The van der Waals surface area contributed by atoms with Crippen LogP contribution in [0.4, 0.5) is 11.4 Å². The molecule has 0 saturated heterocycles. The number of anilines is 1. The van der Waals surface area contributed by atoms with Crippen LogP contribution in [0.5, 0.6) is 5.75 Å². The largest absolute Gasteiger partial charge is 0.481 e. The summed E-state index contributed by atoms with van der Waals surface area (Å²) in [6, 6.07) is 15.2. The Labute approximate surface area is 203 Å². The number of benzene rings is 3. The van der Waals surface area contributed by atoms with Crippen LogP contribution in [0.1, 0.15) is 22.3 Å². The Morgan fingerprint density at radius 1 is 1.06 bits per heavy atom. The van der Waals surface area contributed by atoms with Crippen LogP contribution in [0, 0.1) is 20.8 Å². The van der Waals surface area contributed by atoms with Gasteiger partial charge in [-0.15, -0.1) is 0 Å². The van der Waals surface area contributed by atoms with Crippen LogP contribution in [0.2, 0.25) is 5.02 Å². The van der Waals surface area contributed by atoms with Gasteiger partial charge in [0.2, 0.25) is 0 Å². The van der Waals surface area contributed by atoms with Crippen LogP contribution in [-0.2, 0) is 4.79 Å². The predicted octanol–water partition coefficient (Wildman–Crippen LogP) is 7.56. The second-order valence-corrected chi connectivity index (χ2v) is 9.21. The van der Waals surface area contributed by atoms with Crippen molar-refractivity contribution in [3.05, 3.63) is 84.8 Å². The summed E-state index contributed by atoms with van der Waals surface area (Å²) in [4.78, 5) is 16.9. The molecule has 0 unspecified atom stereocenters. The molecule has 4 nitrogen and oxygen atoms in total. The van der Waals surface area contributed by atoms with Gasteiger partial charge in [0.1, 0.15) is 5.75 Å². The predicted molar refractivity (Wildman–Crippen MR) is 135 cm³/mol. The third kappa shape index (κ3) is 6.19. The molecule has 0 aromatic heterocycles. The number of hydrogen-bond acceptors (Lipinski definition) is 3. The molecule has 0 spiro atoms. The SMILES string of the molecule is Cc1ccc(NC(=O)COc2c(Br)cc(C=Nc3cccc(C)c3C)cc2Br)cc1Cl. The molecule has 0 bridgehead atoms. The van der Waals surface area contributed by atoms with Crippen LogP contribution < -0.4 is 10.1 Å². The third-order valence-electron chi connectivity index (χ3n) is 4.75. The molecule has 0 fully saturated rings. The zero-order valence-electron chi connectivity index (χ0n) is 17.3. The Balaban J connectivity index is 1.67. The van der Waals surface area contributed by atoms with E-state index in [1.807, 2.05) is 37.3 Å². The molecular formula is C24H21Br2ClN2O2. The van der Waals surface area contributed by atoms with Gasteiger partial charge in [-0.2, -0.15) is 0 Å². The van der Waals surface area contributed by atoms with Gasteiger partial charge in [0.05, 0.1) is 14.6 Å². The van der Waals surface area contributed by atoms with E-state index in [0.717, 1.165) is 31.3 Å². The van der Waals surface area contributed by atoms with E-state index in [0.29, 0.717) is 16.5 Å². The molecule has 0 radical (unpaired) electrons. The van der Waals surface area contributed by atoms with Crippen LogP contribution in [-0.4, -0.2) is 18.7 Å². The first-order chi connectivity index (χ1) is 14.7. The molecule has 1 amide bonds. The minimum Gasteiger partial charge on any atom is -0.481 e. The van der Waals surface area contributed by atoms with Crippen LogP contribution >= 0.6 is 43.5 Å². The van der Waals surface area contributed by atoms with Crippen molar-refractivity contribution in [2.45, 2.75) is 20.8 Å². The van der Waals surface area contributed by atoms with E-state index in [4.69, 9.17) is 16.3 Å². The Morgan fingerprint density at radius 2 is 1.77 bits per heavy atom. The molecule has 160 valence electrons. The van der Waals surface area contributed by atoms with E-state index in [-0.39, 0.29) is 12.5 Å². The molecular weight excluding hydrogens is 544 g/mol. The van der Waals surface area contributed by atoms with Gasteiger partial charge in [-0.05, 0) is 105 Å². The molecule has 0 atom stereocenters. The van der Waals surface area contributed by atoms with Gasteiger partial charge >= 0.3 is 0 Å². The summed E-state index contributed by atoms with van der Waals surface area (Å²) in [5.41, 5.74) is 5.75. The normalized spacial score (nSPS) is 11.0. The quantitative estimate of drug-likeness (QED) is 0.314. The molecule has 0 aliphatic carbocycles. The summed E-state index contributed by atoms with van der Waals surface area (Å²) < 4.78 is 7.16. The Morgan fingerprint density at radius 3 is 2.45 bits per heavy atom. The Hall–Kier alpha value is -2.15. The van der Waals surface area contributed by atoms with Gasteiger partial charge in [0, 0.05) is 16.9 Å². The van der Waals surface area contributed by atoms with Gasteiger partial charge in [-0.3, -0.25) is 9.79 Å². The zero-order valence-corrected chi connectivity index (χ0v) is 21.2. The van der Waals surface area contributed by atoms with Crippen molar-refractivity contribution in [2.75, 3.05) is 11.9 Å². The maximum Gasteiger partial charge on any atom is 0.262 e. The smallest absolute Gasteiger partial charge is 0.262 e. The monoisotopic (exact) mass is 562 g/mol. The number of rotatable bonds is 6. The first kappa shape index (κ1) is 23.5. The molecule has 1 N–H and O–H groups in total. The number of aryl methyl sites for hydroxylation is 2. The fraction of sp³-hybridized carbons (Fsp3) is 0.167. The number of amides is 1. The highest BCUT2D eigenvalue weighted by Crippen LogP contribution is 2.34. The second-order valence-electron chi connectivity index (χ2n) is 7.09. The fourth-order valence-electron chi connectivity index (χ4n) is 2.82. The summed E-state index contributed by atoms with van der Waals surface area (Å²) in [6.45, 7) is 5.89. The Kier molecular flexibility index (Phi) is 7.92. The fourth-order valence-corrected chi connectivity index (χ4v) is 4.45. The number of carbonyl (C=O) groups excluding carboxylic acids is 1. The standard InChI is InChI=1S/C24H21Br2ClN2O2/c1-14-5-4-6-22(16(14)3)28-12-17-9-19(25)24(20(26)10-17)31-13-23(30)29-18-8-7-15(2)21(27)11-18/h4-12H,13H2,1-3H3,(H,29,30). The van der Waals surface area contributed by atoms with Crippen molar-refractivity contribution in [3.8, 4) is 5.75 Å². The summed E-state index contributed by atoms with van der Waals surface area (Å²) in [7, 11) is 0. The number of nitrogens with zero attached hydrogens (tertiary/aromatic N) is 1. The molecule has 0 aliphatic heterocycles. The molecule has 7 heteroatoms. The van der Waals surface area contributed by atoms with Gasteiger partial charge < -0.3 is 10.1 Å². The lowest BCUT2D eigenvalue weighted by Gasteiger charge is -2.12. The highest BCUT2D eigenvalue weighted by atomic mass is 79.9. The number of aliphatic imine (C=N–C) groups is 1. The van der Waals surface area contributed by atoms with Crippen LogP contribution in [0.3, 0.4) is 0 Å². The highest BCUT2D eigenvalue weighted by Gasteiger charge is 2.12. The van der Waals surface area contributed by atoms with E-state index >= 15 is 0 Å². The summed E-state index contributed by atoms with van der Waals surface area (Å²) in [5.74, 6) is 0.264. The van der Waals surface area contributed by atoms with Crippen molar-refractivity contribution in [2.24, 2.45) is 4.99 Å². The first-order valence-electron chi connectivity index (χ1n) is 9.52. The lowest BCUT2D eigenvalue weighted by molar-refractivity contribution is -0.118. The molecule has 0 saturated carbocycles. The van der Waals surface area contributed by atoms with Crippen molar-refractivity contribution in [1.29, 1.82) is 0 Å². The number of carbonyl (C=O) groups is 1. The van der Waals surface area contributed by atoms with Gasteiger partial charge in [0.15, 0.2) is 6.61 Å². The average Bonchev–Trinajstić information content (AvgIpc) is 2.71. The summed E-state index contributed by atoms with van der Waals surface area (Å²) >= 11 is 13.1. The first-order valence-corrected chi connectivity index (χ1v) is 11.5. The Bertz CT molecular complexity index is 1140. The molecule has 0 aliphatic rings. The van der Waals surface area contributed by atoms with E-state index in [1.54, 1.807) is 18.3 Å². The average molecular weight is 565 g/mol. The van der Waals surface area contributed by atoms with Crippen LogP contribution in [0.15, 0.2) is 62.5 Å². The summed E-state index contributed by atoms with van der Waals surface area (Å²) in [5, 5.41) is 3.38. The van der Waals surface area contributed by atoms with Crippen molar-refractivity contribution < 1.29 is 9.53 Å². The maximum absolute atomic E-state index is 12.3. The van der Waals surface area contributed by atoms with E-state index in [1.165, 1.54) is 5.56 Å². The molecule has 31 heavy (non-hydrogen) atoms. The number of hydrogen-bond donors (Lipinski definition) is 1. The third-order valence-corrected chi connectivity index (χ3v) is 6.34. The molecule has 3 rings (SSSR count). The van der Waals surface area contributed by atoms with Crippen LogP contribution in [0.25, 0.3) is 0 Å². The number of halogens is 3. The van der Waals surface area contributed by atoms with Gasteiger partial charge in [-0.25, -0.2) is 0 Å². The maximum atomic E-state index is 12.3. The lowest BCUT2D eigenvalue weighted by atomic mass is 10.1. The minimum atomic E-state index is -0.278. The zero-order chi connectivity index (χ0) is 22.5. The van der Waals surface area contributed by atoms with Crippen molar-refractivity contribution >= 4 is 67.0 Å². The van der Waals surface area contributed by atoms with E-state index in [9.17, 15) is 4.79 Å². The van der Waals surface area contributed by atoms with Gasteiger partial charge in [-0.1, -0.05) is 29.8 Å². The number of ether oxygens (including phenoxy) is 1. The topological polar surface area (TPSA) is 50.7 Å². The lowest BCUT2D eigenvalue weighted by Crippen LogP contribution is -2.20. The molecule has 3 aromatic rings. The number of nitrogens with one attached hydrogen (secondary N) is 1. The van der Waals surface area contributed by atoms with Crippen molar-refractivity contribution in [1.82, 2.24) is 0 Å². The van der Waals surface area contributed by atoms with Gasteiger partial charge in [0.25, 0.3) is 5.91 Å². The highest BCUT2D eigenvalue weighted by molar-refractivity contribution is 9.11. The second kappa shape index (κ2) is 10.4. The van der Waals surface area contributed by atoms with E-state index in [2.05, 4.69) is 62.1 Å². The minimum absolute atomic E-state index is 0.140. The van der Waals surface area contributed by atoms with Crippen molar-refractivity contribution in [3.63, 3.8) is 0 Å². The van der Waals surface area contributed by atoms with E-state index < -0.39 is 0 Å². The molecule has 0 heterocycles. The summed E-state index contributed by atoms with van der Waals surface area (Å²) in [6.07, 6.45) is 1.80. The molecule has 3 aromatic carbocycles.